The standard InChI is InChI=1S/C21H11BrClN3O2S/c22-16-7-2-1-6-15(16)19-24-21-26(25-19)20(27)18(29-21)11-14-8-9-17(28-14)12-4-3-5-13(23)10-12/h1-11H. The van der Waals surface area contributed by atoms with Gasteiger partial charge in [-0.3, -0.25) is 4.79 Å². The molecule has 29 heavy (non-hydrogen) atoms. The largest absolute Gasteiger partial charge is 0.457 e. The molecule has 0 aliphatic carbocycles. The Kier molecular flexibility index (Phi) is 4.58. The molecule has 5 nitrogen and oxygen atoms in total. The van der Waals surface area contributed by atoms with Crippen LogP contribution in [0.25, 0.3) is 33.7 Å². The number of furan rings is 1. The Balaban J connectivity index is 1.54. The van der Waals surface area contributed by atoms with E-state index in [9.17, 15) is 4.79 Å². The van der Waals surface area contributed by atoms with Crippen molar-refractivity contribution in [1.82, 2.24) is 14.6 Å². The summed E-state index contributed by atoms with van der Waals surface area (Å²) < 4.78 is 8.57. The third kappa shape index (κ3) is 3.42. The maximum Gasteiger partial charge on any atom is 0.291 e. The molecule has 0 amide bonds. The summed E-state index contributed by atoms with van der Waals surface area (Å²) in [5.74, 6) is 1.77. The summed E-state index contributed by atoms with van der Waals surface area (Å²) >= 11 is 10.8. The molecule has 0 fully saturated rings. The third-order valence-electron chi connectivity index (χ3n) is 4.31. The molecule has 5 rings (SSSR count). The van der Waals surface area contributed by atoms with Gasteiger partial charge in [-0.1, -0.05) is 63.1 Å². The number of halogens is 2. The van der Waals surface area contributed by atoms with Crippen LogP contribution < -0.4 is 10.1 Å². The number of rotatable bonds is 3. The summed E-state index contributed by atoms with van der Waals surface area (Å²) in [5.41, 5.74) is 1.49. The molecule has 0 saturated heterocycles. The predicted molar refractivity (Wildman–Crippen MR) is 118 cm³/mol. The lowest BCUT2D eigenvalue weighted by molar-refractivity contribution is 0.571. The van der Waals surface area contributed by atoms with Crippen LogP contribution in [0, 0.1) is 0 Å². The molecule has 0 bridgehead atoms. The van der Waals surface area contributed by atoms with E-state index in [1.165, 1.54) is 15.9 Å². The Morgan fingerprint density at radius 1 is 1.10 bits per heavy atom. The van der Waals surface area contributed by atoms with Gasteiger partial charge in [-0.05, 0) is 36.4 Å². The average molecular weight is 485 g/mol. The minimum absolute atomic E-state index is 0.225. The maximum absolute atomic E-state index is 12.8. The molecular formula is C21H11BrClN3O2S. The van der Waals surface area contributed by atoms with Crippen molar-refractivity contribution in [2.45, 2.75) is 0 Å². The Morgan fingerprint density at radius 3 is 2.76 bits per heavy atom. The molecule has 0 saturated carbocycles. The highest BCUT2D eigenvalue weighted by Gasteiger charge is 2.14. The zero-order valence-corrected chi connectivity index (χ0v) is 17.8. The highest BCUT2D eigenvalue weighted by atomic mass is 79.9. The molecule has 3 heterocycles. The smallest absolute Gasteiger partial charge is 0.291 e. The molecule has 0 unspecified atom stereocenters. The monoisotopic (exact) mass is 483 g/mol. The molecule has 5 aromatic rings. The van der Waals surface area contributed by atoms with Gasteiger partial charge in [0.2, 0.25) is 4.96 Å². The fourth-order valence-electron chi connectivity index (χ4n) is 2.95. The van der Waals surface area contributed by atoms with E-state index in [2.05, 4.69) is 26.0 Å². The van der Waals surface area contributed by atoms with Crippen LogP contribution in [-0.4, -0.2) is 14.6 Å². The summed E-state index contributed by atoms with van der Waals surface area (Å²) in [5, 5.41) is 5.01. The summed E-state index contributed by atoms with van der Waals surface area (Å²) in [6.45, 7) is 0. The van der Waals surface area contributed by atoms with Gasteiger partial charge in [0, 0.05) is 26.7 Å². The van der Waals surface area contributed by atoms with Crippen molar-refractivity contribution >= 4 is 49.9 Å². The zero-order valence-electron chi connectivity index (χ0n) is 14.7. The van der Waals surface area contributed by atoms with E-state index >= 15 is 0 Å². The van der Waals surface area contributed by atoms with Crippen molar-refractivity contribution in [3.63, 3.8) is 0 Å². The van der Waals surface area contributed by atoms with Crippen molar-refractivity contribution in [2.75, 3.05) is 0 Å². The summed E-state index contributed by atoms with van der Waals surface area (Å²) in [6.07, 6.45) is 1.70. The normalized spacial score (nSPS) is 12.1. The fraction of sp³-hybridized carbons (Fsp3) is 0. The molecule has 0 atom stereocenters. The lowest BCUT2D eigenvalue weighted by Gasteiger charge is -1.97. The molecule has 0 radical (unpaired) electrons. The summed E-state index contributed by atoms with van der Waals surface area (Å²) in [4.78, 5) is 17.8. The number of aromatic nitrogens is 3. The van der Waals surface area contributed by atoms with Gasteiger partial charge >= 0.3 is 0 Å². The quantitative estimate of drug-likeness (QED) is 0.360. The van der Waals surface area contributed by atoms with Crippen LogP contribution in [0.1, 0.15) is 5.76 Å². The molecule has 0 spiro atoms. The van der Waals surface area contributed by atoms with Crippen molar-refractivity contribution in [1.29, 1.82) is 0 Å². The maximum atomic E-state index is 12.8. The van der Waals surface area contributed by atoms with E-state index in [0.29, 0.717) is 31.9 Å². The van der Waals surface area contributed by atoms with E-state index in [-0.39, 0.29) is 5.56 Å². The number of thiazole rings is 1. The molecule has 0 N–H and O–H groups in total. The van der Waals surface area contributed by atoms with Crippen LogP contribution in [0.5, 0.6) is 0 Å². The van der Waals surface area contributed by atoms with Crippen LogP contribution in [0.3, 0.4) is 0 Å². The molecular weight excluding hydrogens is 474 g/mol. The van der Waals surface area contributed by atoms with Crippen LogP contribution in [0.4, 0.5) is 0 Å². The Bertz CT molecular complexity index is 1470. The van der Waals surface area contributed by atoms with Gasteiger partial charge in [0.15, 0.2) is 5.82 Å². The second-order valence-electron chi connectivity index (χ2n) is 6.24. The van der Waals surface area contributed by atoms with Gasteiger partial charge in [-0.25, -0.2) is 0 Å². The van der Waals surface area contributed by atoms with Gasteiger partial charge in [0.1, 0.15) is 16.1 Å². The predicted octanol–water partition coefficient (Wildman–Crippen LogP) is 5.04. The number of nitrogens with zero attached hydrogens (tertiary/aromatic N) is 3. The minimum Gasteiger partial charge on any atom is -0.457 e. The number of benzene rings is 2. The van der Waals surface area contributed by atoms with Gasteiger partial charge in [0.05, 0.1) is 0 Å². The van der Waals surface area contributed by atoms with E-state index in [0.717, 1.165) is 15.6 Å². The zero-order chi connectivity index (χ0) is 20.0. The van der Waals surface area contributed by atoms with Crippen LogP contribution in [0.2, 0.25) is 5.02 Å². The second kappa shape index (κ2) is 7.26. The highest BCUT2D eigenvalue weighted by molar-refractivity contribution is 9.10. The first-order valence-corrected chi connectivity index (χ1v) is 10.6. The van der Waals surface area contributed by atoms with Crippen molar-refractivity contribution in [2.24, 2.45) is 0 Å². The van der Waals surface area contributed by atoms with Gasteiger partial charge < -0.3 is 4.42 Å². The fourth-order valence-corrected chi connectivity index (χ4v) is 4.49. The number of hydrogen-bond donors (Lipinski definition) is 0. The van der Waals surface area contributed by atoms with Gasteiger partial charge in [-0.15, -0.1) is 5.10 Å². The molecule has 0 aliphatic rings. The first-order valence-electron chi connectivity index (χ1n) is 8.60. The molecule has 142 valence electrons. The Morgan fingerprint density at radius 2 is 1.97 bits per heavy atom. The van der Waals surface area contributed by atoms with Crippen molar-refractivity contribution in [3.8, 4) is 22.7 Å². The van der Waals surface area contributed by atoms with Crippen molar-refractivity contribution < 1.29 is 4.42 Å². The highest BCUT2D eigenvalue weighted by Crippen LogP contribution is 2.26. The first-order chi connectivity index (χ1) is 14.1. The SMILES string of the molecule is O=c1c(=Cc2ccc(-c3cccc(Cl)c3)o2)sc2nc(-c3ccccc3Br)nn12. The summed E-state index contributed by atoms with van der Waals surface area (Å²) in [7, 11) is 0. The van der Waals surface area contributed by atoms with E-state index in [1.807, 2.05) is 54.6 Å². The van der Waals surface area contributed by atoms with Crippen LogP contribution in [0.15, 0.2) is 74.3 Å². The lowest BCUT2D eigenvalue weighted by atomic mass is 10.2. The second-order valence-corrected chi connectivity index (χ2v) is 8.54. The molecule has 8 heteroatoms. The Hall–Kier alpha value is -2.74. The summed E-state index contributed by atoms with van der Waals surface area (Å²) in [6, 6.07) is 18.7. The number of fused-ring (bicyclic) bond motifs is 1. The molecule has 2 aromatic carbocycles. The van der Waals surface area contributed by atoms with E-state index in [1.54, 1.807) is 12.1 Å². The van der Waals surface area contributed by atoms with Gasteiger partial charge in [-0.2, -0.15) is 9.50 Å². The topological polar surface area (TPSA) is 60.4 Å². The average Bonchev–Trinajstić information content (AvgIpc) is 3.40. The molecule has 0 aliphatic heterocycles. The first kappa shape index (κ1) is 18.3. The van der Waals surface area contributed by atoms with Crippen LogP contribution in [-0.2, 0) is 0 Å². The minimum atomic E-state index is -0.225. The molecule has 3 aromatic heterocycles. The Labute approximate surface area is 182 Å². The van der Waals surface area contributed by atoms with E-state index in [4.69, 9.17) is 16.0 Å². The lowest BCUT2D eigenvalue weighted by Crippen LogP contribution is -2.23. The van der Waals surface area contributed by atoms with Crippen molar-refractivity contribution in [3.05, 3.63) is 90.8 Å². The number of hydrogen-bond acceptors (Lipinski definition) is 5. The third-order valence-corrected chi connectivity index (χ3v) is 6.19. The van der Waals surface area contributed by atoms with Gasteiger partial charge in [0.25, 0.3) is 5.56 Å². The van der Waals surface area contributed by atoms with E-state index < -0.39 is 0 Å². The van der Waals surface area contributed by atoms with Crippen LogP contribution >= 0.6 is 38.9 Å².